The van der Waals surface area contributed by atoms with E-state index in [1.54, 1.807) is 4.90 Å². The van der Waals surface area contributed by atoms with E-state index >= 15 is 0 Å². The summed E-state index contributed by atoms with van der Waals surface area (Å²) in [6, 6.07) is 9.38. The summed E-state index contributed by atoms with van der Waals surface area (Å²) in [4.78, 5) is 14.2. The molecule has 1 saturated carbocycles. The summed E-state index contributed by atoms with van der Waals surface area (Å²) in [5.41, 5.74) is 0.780. The molecule has 1 aromatic carbocycles. The van der Waals surface area contributed by atoms with Gasteiger partial charge in [0.25, 0.3) is 0 Å². The average molecular weight is 408 g/mol. The Hall–Kier alpha value is -1.64. The first-order valence-electron chi connectivity index (χ1n) is 10.3. The topological polar surface area (TPSA) is 87.7 Å². The minimum atomic E-state index is -3.26. The summed E-state index contributed by atoms with van der Waals surface area (Å²) < 4.78 is 33.8. The molecule has 7 nitrogen and oxygen atoms in total. The van der Waals surface area contributed by atoms with E-state index < -0.39 is 10.0 Å². The van der Waals surface area contributed by atoms with Gasteiger partial charge in [-0.1, -0.05) is 37.5 Å². The molecule has 3 atom stereocenters. The normalized spacial score (nSPS) is 28.3. The summed E-state index contributed by atoms with van der Waals surface area (Å²) in [6.45, 7) is 0.882. The Bertz CT molecular complexity index is 780. The maximum atomic E-state index is 12.5. The molecule has 1 aliphatic carbocycles. The number of carbonyl (C=O) groups excluding carboxylic acids is 1. The number of sulfonamides is 1. The van der Waals surface area contributed by atoms with E-state index in [0.717, 1.165) is 50.6 Å². The highest BCUT2D eigenvalue weighted by Gasteiger charge is 2.46. The number of rotatable bonds is 5. The first kappa shape index (κ1) is 19.7. The van der Waals surface area contributed by atoms with Crippen LogP contribution >= 0.6 is 0 Å². The molecule has 2 saturated heterocycles. The van der Waals surface area contributed by atoms with Crippen molar-refractivity contribution in [3.05, 3.63) is 30.3 Å². The Morgan fingerprint density at radius 3 is 2.54 bits per heavy atom. The minimum absolute atomic E-state index is 0.000502. The fourth-order valence-electron chi connectivity index (χ4n) is 4.46. The average Bonchev–Trinajstić information content (AvgIpc) is 2.69. The maximum Gasteiger partial charge on any atom is 0.322 e. The fraction of sp³-hybridized carbons (Fsp3) is 0.650. The molecule has 154 valence electrons. The number of likely N-dealkylation sites (tertiary alicyclic amines) is 1. The zero-order chi connectivity index (χ0) is 19.6. The number of nitrogens with zero attached hydrogens (tertiary/aromatic N) is 1. The highest BCUT2D eigenvalue weighted by molar-refractivity contribution is 7.90. The van der Waals surface area contributed by atoms with Gasteiger partial charge in [-0.25, -0.2) is 17.9 Å². The SMILES string of the molecule is O=C(Nc1ccccc1)N1C[C@H]2O[C@H](CNS(=O)(=O)C3CCCCC3)CC[C@H]21. The Labute approximate surface area is 166 Å². The summed E-state index contributed by atoms with van der Waals surface area (Å²) >= 11 is 0. The molecule has 0 spiro atoms. The van der Waals surface area contributed by atoms with Gasteiger partial charge in [0.15, 0.2) is 0 Å². The second kappa shape index (κ2) is 8.39. The standard InChI is InChI=1S/C20H29N3O4S/c24-20(22-15-7-3-1-4-8-15)23-14-19-18(23)12-11-16(27-19)13-21-28(25,26)17-9-5-2-6-10-17/h1,3-4,7-8,16-19,21H,2,5-6,9-14H2,(H,22,24)/t16-,18+,19+/m0/s1. The van der Waals surface area contributed by atoms with Gasteiger partial charge < -0.3 is 15.0 Å². The van der Waals surface area contributed by atoms with Crippen LogP contribution in [-0.4, -0.2) is 55.9 Å². The van der Waals surface area contributed by atoms with Crippen molar-refractivity contribution in [3.8, 4) is 0 Å². The van der Waals surface area contributed by atoms with E-state index in [1.807, 2.05) is 30.3 Å². The largest absolute Gasteiger partial charge is 0.370 e. The van der Waals surface area contributed by atoms with Gasteiger partial charge in [0.2, 0.25) is 10.0 Å². The van der Waals surface area contributed by atoms with Gasteiger partial charge >= 0.3 is 6.03 Å². The lowest BCUT2D eigenvalue weighted by atomic mass is 9.90. The molecular weight excluding hydrogens is 378 g/mol. The summed E-state index contributed by atoms with van der Waals surface area (Å²) in [5, 5.41) is 2.66. The van der Waals surface area contributed by atoms with E-state index in [2.05, 4.69) is 10.0 Å². The number of ether oxygens (including phenoxy) is 1. The molecule has 3 fully saturated rings. The van der Waals surface area contributed by atoms with E-state index in [0.29, 0.717) is 13.1 Å². The molecule has 3 aliphatic rings. The molecule has 28 heavy (non-hydrogen) atoms. The number of hydrogen-bond acceptors (Lipinski definition) is 4. The van der Waals surface area contributed by atoms with E-state index in [9.17, 15) is 13.2 Å². The Balaban J connectivity index is 1.23. The van der Waals surface area contributed by atoms with Crippen LogP contribution < -0.4 is 10.0 Å². The summed E-state index contributed by atoms with van der Waals surface area (Å²) in [7, 11) is -3.26. The van der Waals surface area contributed by atoms with Crippen molar-refractivity contribution in [1.29, 1.82) is 0 Å². The lowest BCUT2D eigenvalue weighted by molar-refractivity contribution is -0.146. The van der Waals surface area contributed by atoms with Crippen LogP contribution in [0.2, 0.25) is 0 Å². The molecule has 1 aromatic rings. The highest BCUT2D eigenvalue weighted by Crippen LogP contribution is 2.33. The Morgan fingerprint density at radius 1 is 1.07 bits per heavy atom. The lowest BCUT2D eigenvalue weighted by Crippen LogP contribution is -2.67. The first-order chi connectivity index (χ1) is 13.5. The van der Waals surface area contributed by atoms with Crippen LogP contribution in [0.3, 0.4) is 0 Å². The van der Waals surface area contributed by atoms with Crippen molar-refractivity contribution >= 4 is 21.7 Å². The monoisotopic (exact) mass is 407 g/mol. The number of amides is 2. The number of fused-ring (bicyclic) bond motifs is 1. The molecule has 2 amide bonds. The third-order valence-corrected chi connectivity index (χ3v) is 8.07. The third-order valence-electron chi connectivity index (χ3n) is 6.15. The number of para-hydroxylation sites is 1. The van der Waals surface area contributed by atoms with Crippen molar-refractivity contribution in [2.24, 2.45) is 0 Å². The predicted octanol–water partition coefficient (Wildman–Crippen LogP) is 2.70. The molecular formula is C20H29N3O4S. The zero-order valence-electron chi connectivity index (χ0n) is 16.0. The van der Waals surface area contributed by atoms with Gasteiger partial charge in [0.1, 0.15) is 0 Å². The number of nitrogens with one attached hydrogen (secondary N) is 2. The van der Waals surface area contributed by atoms with Crippen LogP contribution in [0.4, 0.5) is 10.5 Å². The van der Waals surface area contributed by atoms with Crippen molar-refractivity contribution in [3.63, 3.8) is 0 Å². The molecule has 2 heterocycles. The number of carbonyl (C=O) groups is 1. The van der Waals surface area contributed by atoms with Gasteiger partial charge in [-0.05, 0) is 37.8 Å². The Morgan fingerprint density at radius 2 is 1.82 bits per heavy atom. The molecule has 4 rings (SSSR count). The van der Waals surface area contributed by atoms with Crippen molar-refractivity contribution in [2.75, 3.05) is 18.4 Å². The quantitative estimate of drug-likeness (QED) is 0.786. The summed E-state index contributed by atoms with van der Waals surface area (Å²) in [6.07, 6.45) is 6.13. The zero-order valence-corrected chi connectivity index (χ0v) is 16.9. The van der Waals surface area contributed by atoms with Crippen LogP contribution in [0.1, 0.15) is 44.9 Å². The first-order valence-corrected chi connectivity index (χ1v) is 11.8. The number of anilines is 1. The molecule has 0 bridgehead atoms. The van der Waals surface area contributed by atoms with E-state index in [1.165, 1.54) is 0 Å². The second-order valence-electron chi connectivity index (χ2n) is 8.04. The maximum absolute atomic E-state index is 12.5. The smallest absolute Gasteiger partial charge is 0.322 e. The molecule has 0 radical (unpaired) electrons. The summed E-state index contributed by atoms with van der Waals surface area (Å²) in [5.74, 6) is 0. The number of benzene rings is 1. The number of urea groups is 1. The van der Waals surface area contributed by atoms with Crippen molar-refractivity contribution in [2.45, 2.75) is 68.4 Å². The van der Waals surface area contributed by atoms with Crippen molar-refractivity contribution in [1.82, 2.24) is 9.62 Å². The fourth-order valence-corrected chi connectivity index (χ4v) is 6.07. The predicted molar refractivity (Wildman–Crippen MR) is 108 cm³/mol. The Kier molecular flexibility index (Phi) is 5.89. The van der Waals surface area contributed by atoms with Crippen molar-refractivity contribution < 1.29 is 17.9 Å². The molecule has 8 heteroatoms. The molecule has 0 unspecified atom stereocenters. The third kappa shape index (κ3) is 4.34. The van der Waals surface area contributed by atoms with E-state index in [-0.39, 0.29) is 29.5 Å². The van der Waals surface area contributed by atoms with E-state index in [4.69, 9.17) is 4.74 Å². The molecule has 2 aliphatic heterocycles. The number of hydrogen-bond donors (Lipinski definition) is 2. The lowest BCUT2D eigenvalue weighted by Gasteiger charge is -2.51. The van der Waals surface area contributed by atoms with Gasteiger partial charge in [0, 0.05) is 12.2 Å². The van der Waals surface area contributed by atoms with Gasteiger partial charge in [0.05, 0.1) is 30.0 Å². The highest BCUT2D eigenvalue weighted by atomic mass is 32.2. The van der Waals surface area contributed by atoms with Crippen LogP contribution in [0.15, 0.2) is 30.3 Å². The van der Waals surface area contributed by atoms with Crippen LogP contribution in [-0.2, 0) is 14.8 Å². The molecule has 2 N–H and O–H groups in total. The van der Waals surface area contributed by atoms with Gasteiger partial charge in [-0.3, -0.25) is 0 Å². The molecule has 0 aromatic heterocycles. The minimum Gasteiger partial charge on any atom is -0.370 e. The van der Waals surface area contributed by atoms with Gasteiger partial charge in [-0.15, -0.1) is 0 Å². The second-order valence-corrected chi connectivity index (χ2v) is 10.1. The van der Waals surface area contributed by atoms with Crippen LogP contribution in [0.5, 0.6) is 0 Å². The van der Waals surface area contributed by atoms with Crippen LogP contribution in [0, 0.1) is 0 Å². The van der Waals surface area contributed by atoms with Crippen LogP contribution in [0.25, 0.3) is 0 Å². The van der Waals surface area contributed by atoms with Gasteiger partial charge in [-0.2, -0.15) is 0 Å².